The minimum atomic E-state index is 0.370. The largest absolute Gasteiger partial charge is 0.340 e. The first kappa shape index (κ1) is 15.5. The van der Waals surface area contributed by atoms with Crippen LogP contribution in [0.25, 0.3) is 11.4 Å². The fraction of sp³-hybridized carbons (Fsp3) is 0.158. The molecule has 0 aliphatic heterocycles. The van der Waals surface area contributed by atoms with E-state index in [9.17, 15) is 0 Å². The second-order valence-corrected chi connectivity index (χ2v) is 5.72. The van der Waals surface area contributed by atoms with Crippen LogP contribution in [0.15, 0.2) is 54.6 Å². The summed E-state index contributed by atoms with van der Waals surface area (Å²) in [4.78, 5) is 9.28. The number of nitrogens with one attached hydrogen (secondary N) is 1. The molecule has 2 aromatic carbocycles. The lowest BCUT2D eigenvalue weighted by Crippen LogP contribution is -2.04. The number of aromatic nitrogens is 2. The van der Waals surface area contributed by atoms with Crippen LogP contribution in [0.2, 0.25) is 0 Å². The monoisotopic (exact) mass is 323 g/mol. The van der Waals surface area contributed by atoms with Crippen LogP contribution in [0.1, 0.15) is 16.8 Å². The molecule has 23 heavy (non-hydrogen) atoms. The maximum absolute atomic E-state index is 6.11. The highest BCUT2D eigenvalue weighted by molar-refractivity contribution is 6.17. The van der Waals surface area contributed by atoms with Gasteiger partial charge >= 0.3 is 0 Å². The molecule has 0 aliphatic rings. The molecular formula is C19H18ClN3. The summed E-state index contributed by atoms with van der Waals surface area (Å²) in [5, 5.41) is 3.37. The van der Waals surface area contributed by atoms with Crippen LogP contribution in [-0.4, -0.2) is 9.97 Å². The molecule has 0 aliphatic carbocycles. The van der Waals surface area contributed by atoms with Crippen molar-refractivity contribution in [3.05, 3.63) is 71.4 Å². The van der Waals surface area contributed by atoms with E-state index in [4.69, 9.17) is 11.6 Å². The van der Waals surface area contributed by atoms with E-state index in [2.05, 4.69) is 34.3 Å². The lowest BCUT2D eigenvalue weighted by molar-refractivity contribution is 1.06. The summed E-state index contributed by atoms with van der Waals surface area (Å²) in [6.07, 6.45) is 0. The Balaban J connectivity index is 2.03. The van der Waals surface area contributed by atoms with Crippen molar-refractivity contribution in [1.29, 1.82) is 0 Å². The molecule has 1 N–H and O–H groups in total. The standard InChI is InChI=1S/C19H18ClN3/c1-13-8-10-16(11-9-13)22-19-17(12-20)14(2)21-18(23-19)15-6-4-3-5-7-15/h3-11H,12H2,1-2H3,(H,21,22,23). The van der Waals surface area contributed by atoms with E-state index < -0.39 is 0 Å². The van der Waals surface area contributed by atoms with Crippen molar-refractivity contribution < 1.29 is 0 Å². The molecule has 3 aromatic rings. The fourth-order valence-electron chi connectivity index (χ4n) is 2.35. The van der Waals surface area contributed by atoms with Crippen molar-refractivity contribution in [1.82, 2.24) is 9.97 Å². The number of halogens is 1. The van der Waals surface area contributed by atoms with Gasteiger partial charge in [0.05, 0.1) is 5.88 Å². The topological polar surface area (TPSA) is 37.8 Å². The van der Waals surface area contributed by atoms with E-state index in [0.29, 0.717) is 11.7 Å². The van der Waals surface area contributed by atoms with Crippen LogP contribution in [-0.2, 0) is 5.88 Å². The van der Waals surface area contributed by atoms with E-state index in [1.807, 2.05) is 49.4 Å². The van der Waals surface area contributed by atoms with Gasteiger partial charge in [-0.25, -0.2) is 9.97 Å². The first-order valence-electron chi connectivity index (χ1n) is 7.50. The van der Waals surface area contributed by atoms with Crippen LogP contribution in [0, 0.1) is 13.8 Å². The van der Waals surface area contributed by atoms with Crippen LogP contribution in [0.3, 0.4) is 0 Å². The van der Waals surface area contributed by atoms with Gasteiger partial charge in [0.15, 0.2) is 5.82 Å². The van der Waals surface area contributed by atoms with Crippen LogP contribution < -0.4 is 5.32 Å². The molecule has 1 aromatic heterocycles. The Morgan fingerprint density at radius 1 is 0.913 bits per heavy atom. The zero-order valence-electron chi connectivity index (χ0n) is 13.2. The van der Waals surface area contributed by atoms with Gasteiger partial charge in [-0.3, -0.25) is 0 Å². The van der Waals surface area contributed by atoms with Crippen molar-refractivity contribution in [2.75, 3.05) is 5.32 Å². The number of hydrogen-bond donors (Lipinski definition) is 1. The third kappa shape index (κ3) is 3.51. The van der Waals surface area contributed by atoms with Gasteiger partial charge < -0.3 is 5.32 Å². The molecular weight excluding hydrogens is 306 g/mol. The quantitative estimate of drug-likeness (QED) is 0.667. The third-order valence-corrected chi connectivity index (χ3v) is 3.96. The zero-order chi connectivity index (χ0) is 16.2. The Morgan fingerprint density at radius 3 is 2.26 bits per heavy atom. The predicted octanol–water partition coefficient (Wildman–Crippen LogP) is 5.24. The molecule has 0 unspecified atom stereocenters. The minimum Gasteiger partial charge on any atom is -0.340 e. The van der Waals surface area contributed by atoms with Crippen molar-refractivity contribution in [3.8, 4) is 11.4 Å². The zero-order valence-corrected chi connectivity index (χ0v) is 13.9. The van der Waals surface area contributed by atoms with Gasteiger partial charge in [-0.2, -0.15) is 0 Å². The summed E-state index contributed by atoms with van der Waals surface area (Å²) in [7, 11) is 0. The summed E-state index contributed by atoms with van der Waals surface area (Å²) in [5.41, 5.74) is 5.01. The number of benzene rings is 2. The number of nitrogens with zero attached hydrogens (tertiary/aromatic N) is 2. The number of anilines is 2. The molecule has 0 amide bonds. The predicted molar refractivity (Wildman–Crippen MR) is 96.2 cm³/mol. The summed E-state index contributed by atoms with van der Waals surface area (Å²) >= 11 is 6.11. The highest BCUT2D eigenvalue weighted by Gasteiger charge is 2.12. The molecule has 116 valence electrons. The number of rotatable bonds is 4. The molecule has 0 bridgehead atoms. The maximum Gasteiger partial charge on any atom is 0.161 e. The molecule has 0 radical (unpaired) electrons. The molecule has 0 atom stereocenters. The highest BCUT2D eigenvalue weighted by atomic mass is 35.5. The highest BCUT2D eigenvalue weighted by Crippen LogP contribution is 2.26. The minimum absolute atomic E-state index is 0.370. The smallest absolute Gasteiger partial charge is 0.161 e. The number of hydrogen-bond acceptors (Lipinski definition) is 3. The Morgan fingerprint density at radius 2 is 1.61 bits per heavy atom. The van der Waals surface area contributed by atoms with E-state index in [-0.39, 0.29) is 0 Å². The second-order valence-electron chi connectivity index (χ2n) is 5.45. The fourth-order valence-corrected chi connectivity index (χ4v) is 2.67. The third-order valence-electron chi connectivity index (χ3n) is 3.69. The van der Waals surface area contributed by atoms with Crippen molar-refractivity contribution >= 4 is 23.1 Å². The molecule has 3 rings (SSSR count). The van der Waals surface area contributed by atoms with Crippen LogP contribution >= 0.6 is 11.6 Å². The van der Waals surface area contributed by atoms with Gasteiger partial charge in [-0.05, 0) is 26.0 Å². The van der Waals surface area contributed by atoms with Crippen molar-refractivity contribution in [2.45, 2.75) is 19.7 Å². The summed E-state index contributed by atoms with van der Waals surface area (Å²) in [6, 6.07) is 18.2. The molecule has 0 fully saturated rings. The molecule has 0 saturated heterocycles. The van der Waals surface area contributed by atoms with Gasteiger partial charge in [-0.15, -0.1) is 11.6 Å². The van der Waals surface area contributed by atoms with Gasteiger partial charge in [0.1, 0.15) is 5.82 Å². The molecule has 0 saturated carbocycles. The van der Waals surface area contributed by atoms with Crippen LogP contribution in [0.5, 0.6) is 0 Å². The van der Waals surface area contributed by atoms with Gasteiger partial charge in [-0.1, -0.05) is 48.0 Å². The molecule has 3 nitrogen and oxygen atoms in total. The van der Waals surface area contributed by atoms with E-state index in [1.165, 1.54) is 5.56 Å². The molecule has 1 heterocycles. The van der Waals surface area contributed by atoms with Gasteiger partial charge in [0, 0.05) is 22.5 Å². The summed E-state index contributed by atoms with van der Waals surface area (Å²) < 4.78 is 0. The average molecular weight is 324 g/mol. The van der Waals surface area contributed by atoms with Gasteiger partial charge in [0.25, 0.3) is 0 Å². The maximum atomic E-state index is 6.11. The van der Waals surface area contributed by atoms with Crippen molar-refractivity contribution in [3.63, 3.8) is 0 Å². The normalized spacial score (nSPS) is 10.6. The molecule has 0 spiro atoms. The Hall–Kier alpha value is -2.39. The van der Waals surface area contributed by atoms with Crippen molar-refractivity contribution in [2.24, 2.45) is 0 Å². The average Bonchev–Trinajstić information content (AvgIpc) is 2.57. The second kappa shape index (κ2) is 6.80. The lowest BCUT2D eigenvalue weighted by Gasteiger charge is -2.13. The Labute approximate surface area is 141 Å². The summed E-state index contributed by atoms with van der Waals surface area (Å²) in [6.45, 7) is 4.03. The number of alkyl halides is 1. The number of aryl methyl sites for hydroxylation is 2. The Bertz CT molecular complexity index is 799. The van der Waals surface area contributed by atoms with Gasteiger partial charge in [0.2, 0.25) is 0 Å². The first-order chi connectivity index (χ1) is 11.2. The SMILES string of the molecule is Cc1ccc(Nc2nc(-c3ccccc3)nc(C)c2CCl)cc1. The lowest BCUT2D eigenvalue weighted by atomic mass is 10.1. The Kier molecular flexibility index (Phi) is 4.58. The van der Waals surface area contributed by atoms with E-state index in [0.717, 1.165) is 28.3 Å². The molecule has 4 heteroatoms. The first-order valence-corrected chi connectivity index (χ1v) is 8.03. The van der Waals surface area contributed by atoms with E-state index in [1.54, 1.807) is 0 Å². The van der Waals surface area contributed by atoms with E-state index >= 15 is 0 Å². The summed E-state index contributed by atoms with van der Waals surface area (Å²) in [5.74, 6) is 1.83. The van der Waals surface area contributed by atoms with Crippen LogP contribution in [0.4, 0.5) is 11.5 Å².